The second-order valence-corrected chi connectivity index (χ2v) is 6.36. The van der Waals surface area contributed by atoms with E-state index in [9.17, 15) is 14.4 Å². The fraction of sp³-hybridized carbons (Fsp3) is 0.263. The lowest BCUT2D eigenvalue weighted by Crippen LogP contribution is -2.15. The molecule has 3 rings (SSSR count). The molecule has 1 amide bonds. The van der Waals surface area contributed by atoms with Gasteiger partial charge in [-0.2, -0.15) is 5.10 Å². The predicted molar refractivity (Wildman–Crippen MR) is 103 cm³/mol. The van der Waals surface area contributed by atoms with Crippen LogP contribution in [0, 0.1) is 0 Å². The minimum Gasteiger partial charge on any atom is -0.326 e. The molecule has 136 valence electrons. The Bertz CT molecular complexity index is 812. The van der Waals surface area contributed by atoms with Crippen LogP contribution >= 0.6 is 11.8 Å². The number of fused-ring (bicyclic) bond motifs is 1. The largest absolute Gasteiger partial charge is 0.326 e. The monoisotopic (exact) mass is 371 g/mol. The third-order valence-corrected chi connectivity index (χ3v) is 4.59. The van der Waals surface area contributed by atoms with E-state index in [1.54, 1.807) is 0 Å². The summed E-state index contributed by atoms with van der Waals surface area (Å²) >= 11 is 1.29. The second-order valence-electron chi connectivity index (χ2n) is 5.23. The molecule has 0 atom stereocenters. The number of amides is 1. The number of benzene rings is 1. The molecule has 1 aliphatic rings. The normalized spacial score (nSPS) is 12.6. The van der Waals surface area contributed by atoms with E-state index in [4.69, 9.17) is 0 Å². The van der Waals surface area contributed by atoms with Gasteiger partial charge in [-0.15, -0.1) is 11.8 Å². The molecule has 1 aromatic heterocycles. The summed E-state index contributed by atoms with van der Waals surface area (Å²) in [5.74, 6) is 0.0720. The van der Waals surface area contributed by atoms with Crippen LogP contribution in [0.3, 0.4) is 0 Å². The van der Waals surface area contributed by atoms with E-state index in [1.165, 1.54) is 24.0 Å². The number of nitrogens with one attached hydrogen (secondary N) is 2. The third-order valence-electron chi connectivity index (χ3n) is 3.48. The highest BCUT2D eigenvalue weighted by Crippen LogP contribution is 2.27. The smallest absolute Gasteiger partial charge is 0.224 e. The van der Waals surface area contributed by atoms with E-state index in [0.717, 1.165) is 5.69 Å². The van der Waals surface area contributed by atoms with Crippen molar-refractivity contribution < 1.29 is 14.4 Å². The van der Waals surface area contributed by atoms with Gasteiger partial charge in [0.15, 0.2) is 0 Å². The van der Waals surface area contributed by atoms with E-state index in [1.807, 2.05) is 44.2 Å². The van der Waals surface area contributed by atoms with Crippen LogP contribution in [-0.4, -0.2) is 33.4 Å². The van der Waals surface area contributed by atoms with Crippen molar-refractivity contribution in [1.29, 1.82) is 0 Å². The summed E-state index contributed by atoms with van der Waals surface area (Å²) in [5.41, 5.74) is 1.32. The molecule has 0 saturated heterocycles. The first-order valence-electron chi connectivity index (χ1n) is 8.47. The van der Waals surface area contributed by atoms with Gasteiger partial charge >= 0.3 is 0 Å². The summed E-state index contributed by atoms with van der Waals surface area (Å²) in [4.78, 5) is 36.3. The van der Waals surface area contributed by atoms with Gasteiger partial charge in [0.05, 0.1) is 16.7 Å². The van der Waals surface area contributed by atoms with Crippen molar-refractivity contribution in [3.05, 3.63) is 58.8 Å². The van der Waals surface area contributed by atoms with Gasteiger partial charge in [-0.1, -0.05) is 32.0 Å². The summed E-state index contributed by atoms with van der Waals surface area (Å²) in [6, 6.07) is 9.24. The van der Waals surface area contributed by atoms with E-state index in [0.29, 0.717) is 29.1 Å². The zero-order valence-corrected chi connectivity index (χ0v) is 15.6. The highest BCUT2D eigenvalue weighted by molar-refractivity contribution is 8.04. The molecular weight excluding hydrogens is 350 g/mol. The van der Waals surface area contributed by atoms with E-state index >= 15 is 0 Å². The number of nitrogens with zero attached hydrogens (tertiary/aromatic N) is 1. The summed E-state index contributed by atoms with van der Waals surface area (Å²) < 4.78 is 0. The van der Waals surface area contributed by atoms with Crippen LogP contribution < -0.4 is 5.32 Å². The minimum absolute atomic E-state index is 0.0704. The van der Waals surface area contributed by atoms with Gasteiger partial charge in [0.1, 0.15) is 5.69 Å². The Balaban J connectivity index is 0.00000117. The van der Waals surface area contributed by atoms with Gasteiger partial charge < -0.3 is 5.32 Å². The molecular formula is C19H21N3O3S. The molecule has 0 fully saturated rings. The van der Waals surface area contributed by atoms with Crippen molar-refractivity contribution in [1.82, 2.24) is 10.2 Å². The zero-order valence-electron chi connectivity index (χ0n) is 14.7. The van der Waals surface area contributed by atoms with Crippen LogP contribution in [0.25, 0.3) is 0 Å². The van der Waals surface area contributed by atoms with Gasteiger partial charge in [-0.25, -0.2) is 0 Å². The zero-order chi connectivity index (χ0) is 18.9. The molecule has 2 aromatic rings. The van der Waals surface area contributed by atoms with Gasteiger partial charge in [0, 0.05) is 18.2 Å². The Labute approximate surface area is 156 Å². The third kappa shape index (κ3) is 4.92. The maximum atomic E-state index is 12.2. The van der Waals surface area contributed by atoms with Crippen LogP contribution in [0.1, 0.15) is 47.5 Å². The molecule has 2 N–H and O–H groups in total. The minimum atomic E-state index is -0.244. The number of carbonyl (C=O) groups excluding carboxylic acids is 3. The highest BCUT2D eigenvalue weighted by Gasteiger charge is 2.27. The number of aromatic amines is 1. The molecule has 1 aliphatic carbocycles. The number of ketones is 2. The van der Waals surface area contributed by atoms with Crippen LogP contribution in [0.2, 0.25) is 0 Å². The van der Waals surface area contributed by atoms with Crippen molar-refractivity contribution in [2.75, 3.05) is 11.1 Å². The first-order chi connectivity index (χ1) is 12.6. The summed E-state index contributed by atoms with van der Waals surface area (Å²) in [6.07, 6.45) is 3.67. The van der Waals surface area contributed by atoms with Gasteiger partial charge in [-0.3, -0.25) is 19.5 Å². The number of rotatable bonds is 6. The number of thioether (sulfide) groups is 1. The average Bonchev–Trinajstić information content (AvgIpc) is 3.16. The Morgan fingerprint density at radius 3 is 2.65 bits per heavy atom. The second kappa shape index (κ2) is 9.72. The maximum absolute atomic E-state index is 12.2. The van der Waals surface area contributed by atoms with Crippen LogP contribution in [0.4, 0.5) is 5.69 Å². The number of allylic oxidation sites excluding steroid dienone is 2. The molecule has 0 unspecified atom stereocenters. The Morgan fingerprint density at radius 2 is 1.92 bits per heavy atom. The molecule has 0 bridgehead atoms. The summed E-state index contributed by atoms with van der Waals surface area (Å²) in [7, 11) is 0. The molecule has 0 saturated carbocycles. The lowest BCUT2D eigenvalue weighted by Gasteiger charge is -2.10. The van der Waals surface area contributed by atoms with Gasteiger partial charge in [-0.05, 0) is 24.3 Å². The predicted octanol–water partition coefficient (Wildman–Crippen LogP) is 3.85. The summed E-state index contributed by atoms with van der Waals surface area (Å²) in [6.45, 7) is 4.00. The number of para-hydroxylation sites is 1. The van der Waals surface area contributed by atoms with Crippen molar-refractivity contribution in [3.8, 4) is 0 Å². The topological polar surface area (TPSA) is 91.9 Å². The number of hydrogen-bond donors (Lipinski definition) is 2. The average molecular weight is 371 g/mol. The fourth-order valence-electron chi connectivity index (χ4n) is 2.30. The lowest BCUT2D eigenvalue weighted by molar-refractivity contribution is -0.116. The van der Waals surface area contributed by atoms with Crippen molar-refractivity contribution in [2.45, 2.75) is 26.7 Å². The van der Waals surface area contributed by atoms with Crippen LogP contribution in [0.5, 0.6) is 0 Å². The molecule has 26 heavy (non-hydrogen) atoms. The van der Waals surface area contributed by atoms with Crippen LogP contribution in [0.15, 0.2) is 47.5 Å². The van der Waals surface area contributed by atoms with Gasteiger partial charge in [0.25, 0.3) is 0 Å². The number of anilines is 1. The molecule has 0 radical (unpaired) electrons. The summed E-state index contributed by atoms with van der Waals surface area (Å²) in [5, 5.41) is 9.08. The molecule has 1 heterocycles. The lowest BCUT2D eigenvalue weighted by atomic mass is 10.0. The molecule has 1 aromatic carbocycles. The molecule has 0 spiro atoms. The Morgan fingerprint density at radius 1 is 1.19 bits per heavy atom. The number of H-pyrrole nitrogens is 1. The Hall–Kier alpha value is -2.67. The van der Waals surface area contributed by atoms with Gasteiger partial charge in [0.2, 0.25) is 17.5 Å². The maximum Gasteiger partial charge on any atom is 0.224 e. The highest BCUT2D eigenvalue weighted by atomic mass is 32.2. The van der Waals surface area contributed by atoms with E-state index in [-0.39, 0.29) is 23.2 Å². The number of Topliss-reactive ketones (excluding diaryl/α,β-unsaturated/α-hetero) is 1. The van der Waals surface area contributed by atoms with E-state index in [2.05, 4.69) is 15.5 Å². The van der Waals surface area contributed by atoms with Crippen molar-refractivity contribution >= 4 is 34.9 Å². The first-order valence-corrected chi connectivity index (χ1v) is 9.45. The van der Waals surface area contributed by atoms with Crippen molar-refractivity contribution in [2.24, 2.45) is 0 Å². The fourth-order valence-corrected chi connectivity index (χ4v) is 3.24. The standard InChI is InChI=1S/C17H15N3O3S.C2H6/c21-13-9-14(17(23)12-10-18-20-16(12)13)24-8-4-7-15(22)19-11-5-2-1-3-6-11;1-2/h1-3,5-6,9-10H,4,7-8H2,(H,18,20)(H,19,22);1-2H3. The molecule has 0 aliphatic heterocycles. The SMILES string of the molecule is CC.O=C(CCCSC1=CC(=O)c2[nH]ncc2C1=O)Nc1ccccc1. The Kier molecular flexibility index (Phi) is 7.35. The molecule has 7 heteroatoms. The van der Waals surface area contributed by atoms with E-state index < -0.39 is 0 Å². The number of hydrogen-bond acceptors (Lipinski definition) is 5. The number of aromatic nitrogens is 2. The number of carbonyl (C=O) groups is 3. The van der Waals surface area contributed by atoms with Crippen LogP contribution in [-0.2, 0) is 4.79 Å². The quantitative estimate of drug-likeness (QED) is 0.753. The molecule has 6 nitrogen and oxygen atoms in total. The first kappa shape index (κ1) is 19.7. The van der Waals surface area contributed by atoms with Crippen molar-refractivity contribution in [3.63, 3.8) is 0 Å².